The molecular weight excluding hydrogens is 340 g/mol. The summed E-state index contributed by atoms with van der Waals surface area (Å²) < 4.78 is 2.05. The van der Waals surface area contributed by atoms with Crippen LogP contribution < -0.4 is 5.32 Å². The molecular formula is C21H30N4O2. The third kappa shape index (κ3) is 3.99. The molecule has 0 radical (unpaired) electrons. The van der Waals surface area contributed by atoms with Crippen molar-refractivity contribution in [2.75, 3.05) is 13.1 Å². The number of benzene rings is 1. The van der Waals surface area contributed by atoms with Crippen molar-refractivity contribution >= 4 is 22.8 Å². The zero-order chi connectivity index (χ0) is 19.7. The van der Waals surface area contributed by atoms with E-state index < -0.39 is 0 Å². The van der Waals surface area contributed by atoms with Crippen LogP contribution in [0.5, 0.6) is 0 Å². The highest BCUT2D eigenvalue weighted by atomic mass is 16.2. The number of likely N-dealkylation sites (tertiary alicyclic amines) is 1. The molecule has 0 saturated carbocycles. The third-order valence-electron chi connectivity index (χ3n) is 5.24. The second-order valence-electron chi connectivity index (χ2n) is 8.34. The van der Waals surface area contributed by atoms with Crippen LogP contribution in [0.3, 0.4) is 0 Å². The topological polar surface area (TPSA) is 67.2 Å². The molecule has 1 aromatic heterocycles. The van der Waals surface area contributed by atoms with Gasteiger partial charge in [-0.05, 0) is 24.0 Å². The van der Waals surface area contributed by atoms with Crippen molar-refractivity contribution < 1.29 is 9.59 Å². The van der Waals surface area contributed by atoms with Crippen molar-refractivity contribution in [3.05, 3.63) is 30.1 Å². The number of nitrogens with one attached hydrogen (secondary N) is 1. The Kier molecular flexibility index (Phi) is 5.53. The minimum atomic E-state index is -0.285. The van der Waals surface area contributed by atoms with Crippen molar-refractivity contribution in [1.29, 1.82) is 0 Å². The number of hydrogen-bond acceptors (Lipinski definition) is 3. The first-order valence-electron chi connectivity index (χ1n) is 9.77. The van der Waals surface area contributed by atoms with Gasteiger partial charge in [-0.2, -0.15) is 0 Å². The van der Waals surface area contributed by atoms with Gasteiger partial charge in [-0.25, -0.2) is 4.98 Å². The number of rotatable bonds is 6. The molecule has 0 spiro atoms. The number of para-hydroxylation sites is 2. The van der Waals surface area contributed by atoms with E-state index >= 15 is 0 Å². The highest BCUT2D eigenvalue weighted by molar-refractivity contribution is 5.89. The van der Waals surface area contributed by atoms with Gasteiger partial charge in [0.25, 0.3) is 0 Å². The molecule has 1 aromatic carbocycles. The molecule has 6 heteroatoms. The molecule has 1 aliphatic rings. The Bertz CT molecular complexity index is 840. The molecule has 6 nitrogen and oxygen atoms in total. The van der Waals surface area contributed by atoms with Gasteiger partial charge in [-0.3, -0.25) is 9.59 Å². The summed E-state index contributed by atoms with van der Waals surface area (Å²) in [5.41, 5.74) is 1.97. The minimum absolute atomic E-state index is 0.0552. The van der Waals surface area contributed by atoms with Crippen LogP contribution >= 0.6 is 0 Å². The predicted octanol–water partition coefficient (Wildman–Crippen LogP) is 2.89. The average molecular weight is 370 g/mol. The maximum Gasteiger partial charge on any atom is 0.226 e. The van der Waals surface area contributed by atoms with Crippen LogP contribution in [0.2, 0.25) is 0 Å². The zero-order valence-electron chi connectivity index (χ0n) is 16.9. The summed E-state index contributed by atoms with van der Waals surface area (Å²) in [6.45, 7) is 9.55. The van der Waals surface area contributed by atoms with E-state index in [0.717, 1.165) is 16.9 Å². The fourth-order valence-electron chi connectivity index (χ4n) is 3.81. The van der Waals surface area contributed by atoms with Crippen molar-refractivity contribution in [2.45, 2.75) is 40.2 Å². The summed E-state index contributed by atoms with van der Waals surface area (Å²) in [4.78, 5) is 31.7. The Morgan fingerprint density at radius 2 is 1.96 bits per heavy atom. The molecule has 0 unspecified atom stereocenters. The van der Waals surface area contributed by atoms with Gasteiger partial charge in [0.05, 0.1) is 23.0 Å². The second kappa shape index (κ2) is 7.71. The van der Waals surface area contributed by atoms with E-state index in [2.05, 4.69) is 33.0 Å². The van der Waals surface area contributed by atoms with Crippen molar-refractivity contribution in [2.24, 2.45) is 24.8 Å². The molecule has 1 saturated heterocycles. The van der Waals surface area contributed by atoms with Crippen LogP contribution in [-0.2, 0) is 16.6 Å². The monoisotopic (exact) mass is 370 g/mol. The number of carbonyl (C=O) groups excluding carboxylic acids is 2. The number of amides is 2. The lowest BCUT2D eigenvalue weighted by atomic mass is 10.0. The first-order valence-corrected chi connectivity index (χ1v) is 9.77. The van der Waals surface area contributed by atoms with E-state index in [0.29, 0.717) is 25.4 Å². The summed E-state index contributed by atoms with van der Waals surface area (Å²) in [6, 6.07) is 7.78. The van der Waals surface area contributed by atoms with E-state index in [4.69, 9.17) is 4.98 Å². The minimum Gasteiger partial charge on any atom is -0.346 e. The summed E-state index contributed by atoms with van der Waals surface area (Å²) in [5, 5.41) is 3.17. The molecule has 3 rings (SSSR count). The lowest BCUT2D eigenvalue weighted by molar-refractivity contribution is -0.129. The summed E-state index contributed by atoms with van der Waals surface area (Å²) >= 11 is 0. The lowest BCUT2D eigenvalue weighted by Crippen LogP contribution is -2.38. The fourth-order valence-corrected chi connectivity index (χ4v) is 3.81. The van der Waals surface area contributed by atoms with E-state index in [9.17, 15) is 9.59 Å². The van der Waals surface area contributed by atoms with Crippen LogP contribution in [0.1, 0.15) is 46.0 Å². The number of hydrogen-bond donors (Lipinski definition) is 1. The fraction of sp³-hybridized carbons (Fsp3) is 0.571. The Hall–Kier alpha value is -2.37. The Labute approximate surface area is 160 Å². The highest BCUT2D eigenvalue weighted by Gasteiger charge is 2.36. The Morgan fingerprint density at radius 3 is 2.59 bits per heavy atom. The molecule has 1 N–H and O–H groups in total. The smallest absolute Gasteiger partial charge is 0.226 e. The van der Waals surface area contributed by atoms with E-state index in [-0.39, 0.29) is 29.7 Å². The molecule has 27 heavy (non-hydrogen) atoms. The molecule has 2 heterocycles. The molecule has 1 aliphatic heterocycles. The van der Waals surface area contributed by atoms with Gasteiger partial charge in [0, 0.05) is 26.6 Å². The van der Waals surface area contributed by atoms with Crippen LogP contribution in [0.4, 0.5) is 0 Å². The predicted molar refractivity (Wildman–Crippen MR) is 106 cm³/mol. The van der Waals surface area contributed by atoms with Gasteiger partial charge >= 0.3 is 0 Å². The van der Waals surface area contributed by atoms with Crippen molar-refractivity contribution in [1.82, 2.24) is 19.8 Å². The van der Waals surface area contributed by atoms with Gasteiger partial charge < -0.3 is 14.8 Å². The van der Waals surface area contributed by atoms with E-state index in [1.54, 1.807) is 0 Å². The summed E-state index contributed by atoms with van der Waals surface area (Å²) in [7, 11) is 1.98. The van der Waals surface area contributed by atoms with Crippen molar-refractivity contribution in [3.63, 3.8) is 0 Å². The van der Waals surface area contributed by atoms with E-state index in [1.807, 2.05) is 40.8 Å². The van der Waals surface area contributed by atoms with E-state index in [1.165, 1.54) is 0 Å². The molecule has 0 aliphatic carbocycles. The summed E-state index contributed by atoms with van der Waals surface area (Å²) in [5.74, 6) is 1.18. The molecule has 1 fully saturated rings. The lowest BCUT2D eigenvalue weighted by Gasteiger charge is -2.24. The number of nitrogens with zero attached hydrogens (tertiary/aromatic N) is 3. The first-order chi connectivity index (χ1) is 12.8. The Balaban J connectivity index is 1.77. The number of aryl methyl sites for hydroxylation is 1. The van der Waals surface area contributed by atoms with Gasteiger partial charge in [-0.1, -0.05) is 39.8 Å². The molecule has 2 atom stereocenters. The Morgan fingerprint density at radius 1 is 1.26 bits per heavy atom. The largest absolute Gasteiger partial charge is 0.346 e. The number of fused-ring (bicyclic) bond motifs is 1. The number of carbonyl (C=O) groups is 2. The quantitative estimate of drug-likeness (QED) is 0.850. The van der Waals surface area contributed by atoms with Gasteiger partial charge in [0.15, 0.2) is 0 Å². The third-order valence-corrected chi connectivity index (χ3v) is 5.24. The molecule has 2 aromatic rings. The normalized spacial score (nSPS) is 18.7. The standard InChI is InChI=1S/C21H30N4O2/c1-13(2)11-25-12-15(10-18(25)26)21(27)23-19(14(3)4)20-22-16-8-6-7-9-17(16)24(20)5/h6-9,13-15,19H,10-12H2,1-5H3,(H,23,27)/t15-,19+/m1/s1. The number of imidazole rings is 1. The molecule has 146 valence electrons. The maximum atomic E-state index is 12.9. The van der Waals surface area contributed by atoms with Crippen LogP contribution in [0, 0.1) is 17.8 Å². The second-order valence-corrected chi connectivity index (χ2v) is 8.34. The average Bonchev–Trinajstić information content (AvgIpc) is 3.13. The molecule has 2 amide bonds. The van der Waals surface area contributed by atoms with Crippen LogP contribution in [0.15, 0.2) is 24.3 Å². The highest BCUT2D eigenvalue weighted by Crippen LogP contribution is 2.26. The summed E-state index contributed by atoms with van der Waals surface area (Å²) in [6.07, 6.45) is 0.298. The zero-order valence-corrected chi connectivity index (χ0v) is 16.9. The van der Waals surface area contributed by atoms with Gasteiger partial charge in [0.2, 0.25) is 11.8 Å². The van der Waals surface area contributed by atoms with Crippen LogP contribution in [-0.4, -0.2) is 39.4 Å². The maximum absolute atomic E-state index is 12.9. The van der Waals surface area contributed by atoms with Gasteiger partial charge in [0.1, 0.15) is 5.82 Å². The number of aromatic nitrogens is 2. The van der Waals surface area contributed by atoms with Crippen molar-refractivity contribution in [3.8, 4) is 0 Å². The first kappa shape index (κ1) is 19.4. The SMILES string of the molecule is CC(C)CN1C[C@H](C(=O)N[C@H](c2nc3ccccc3n2C)C(C)C)CC1=O. The molecule has 0 bridgehead atoms. The van der Waals surface area contributed by atoms with Crippen LogP contribution in [0.25, 0.3) is 11.0 Å². The van der Waals surface area contributed by atoms with Gasteiger partial charge in [-0.15, -0.1) is 0 Å².